The predicted molar refractivity (Wildman–Crippen MR) is 296 cm³/mol. The van der Waals surface area contributed by atoms with Crippen molar-refractivity contribution in [2.45, 2.75) is 40.8 Å². The second-order valence-electron chi connectivity index (χ2n) is 19.5. The lowest BCUT2D eigenvalue weighted by atomic mass is 9.91. The van der Waals surface area contributed by atoms with Gasteiger partial charge < -0.3 is 9.13 Å². The highest BCUT2D eigenvalue weighted by Gasteiger charge is 2.36. The van der Waals surface area contributed by atoms with Crippen molar-refractivity contribution >= 4 is 43.6 Å². The Labute approximate surface area is 422 Å². The summed E-state index contributed by atoms with van der Waals surface area (Å²) in [5.41, 5.74) is 17.4. The molecule has 0 aliphatic carbocycles. The fourth-order valence-electron chi connectivity index (χ4n) is 10.8. The summed E-state index contributed by atoms with van der Waals surface area (Å²) < 4.78 is 50.5. The second kappa shape index (κ2) is 17.4. The molecule has 3 nitrogen and oxygen atoms in total. The summed E-state index contributed by atoms with van der Waals surface area (Å²) >= 11 is 0. The van der Waals surface area contributed by atoms with E-state index in [1.807, 2.05) is 10.6 Å². The van der Waals surface area contributed by atoms with Crippen LogP contribution in [0.25, 0.3) is 111 Å². The Kier molecular flexibility index (Phi) is 10.8. The van der Waals surface area contributed by atoms with Gasteiger partial charge in [-0.15, -0.1) is 0 Å². The van der Waals surface area contributed by atoms with Gasteiger partial charge in [0.25, 0.3) is 0 Å². The Morgan fingerprint density at radius 1 is 0.384 bits per heavy atom. The van der Waals surface area contributed by atoms with Crippen LogP contribution < -0.4 is 0 Å². The van der Waals surface area contributed by atoms with Gasteiger partial charge in [0.2, 0.25) is 0 Å². The molecule has 0 aliphatic heterocycles. The minimum absolute atomic E-state index is 0.0308. The van der Waals surface area contributed by atoms with Crippen molar-refractivity contribution in [2.75, 3.05) is 0 Å². The van der Waals surface area contributed by atoms with Gasteiger partial charge in [-0.25, -0.2) is 0 Å². The van der Waals surface area contributed by atoms with E-state index in [0.717, 1.165) is 105 Å². The highest BCUT2D eigenvalue weighted by atomic mass is 19.4. The number of halogens is 3. The lowest BCUT2D eigenvalue weighted by Gasteiger charge is -2.23. The molecule has 0 aliphatic rings. The average Bonchev–Trinajstić information content (AvgIpc) is 3.90. The molecule has 0 spiro atoms. The molecule has 0 fully saturated rings. The number of nitrogens with zero attached hydrogens (tertiary/aromatic N) is 3. The highest BCUT2D eigenvalue weighted by molar-refractivity contribution is 6.14. The van der Waals surface area contributed by atoms with Crippen molar-refractivity contribution in [2.24, 2.45) is 0 Å². The number of aryl methyl sites for hydroxylation is 5. The molecule has 352 valence electrons. The van der Waals surface area contributed by atoms with Gasteiger partial charge in [0.15, 0.2) is 0 Å². The maximum atomic E-state index is 15.5. The third-order valence-corrected chi connectivity index (χ3v) is 14.6. The number of alkyl halides is 3. The molecule has 2 aromatic heterocycles. The monoisotopic (exact) mass is 951 g/mol. The molecule has 0 unspecified atom stereocenters. The van der Waals surface area contributed by atoms with Gasteiger partial charge in [-0.1, -0.05) is 162 Å². The van der Waals surface area contributed by atoms with Crippen molar-refractivity contribution in [3.8, 4) is 73.1 Å². The van der Waals surface area contributed by atoms with E-state index in [2.05, 4.69) is 208 Å². The van der Waals surface area contributed by atoms with E-state index in [1.165, 1.54) is 17.2 Å². The van der Waals surface area contributed by atoms with E-state index in [-0.39, 0.29) is 11.1 Å². The molecule has 0 atom stereocenters. The van der Waals surface area contributed by atoms with Crippen molar-refractivity contribution in [1.29, 1.82) is 5.26 Å². The highest BCUT2D eigenvalue weighted by Crippen LogP contribution is 2.47. The summed E-state index contributed by atoms with van der Waals surface area (Å²) in [5.74, 6) is 0. The van der Waals surface area contributed by atoms with E-state index in [9.17, 15) is 5.26 Å². The summed E-state index contributed by atoms with van der Waals surface area (Å²) in [6.07, 6.45) is -4.69. The molecular weight excluding hydrogens is 904 g/mol. The number of aromatic nitrogens is 2. The molecule has 0 radical (unpaired) electrons. The standard InChI is InChI=1S/C67H48F3N3/c1-40-9-17-45(18-10-40)49-25-30-60-54(35-49)55-36-50(46-19-11-41(2)12-20-46)26-31-61(55)72(60)64-34-29-53(65-44(5)7-6-8-59(65)67(68,69)70)66(58(64)39-71)73-62-32-27-51(47-21-13-42(3)14-22-47)37-56(62)57-38-52(28-33-63(57)73)48-23-15-43(4)16-24-48/h6-38H,1-5H3. The number of nitriles is 1. The van der Waals surface area contributed by atoms with Crippen molar-refractivity contribution < 1.29 is 13.2 Å². The predicted octanol–water partition coefficient (Wildman–Crippen LogP) is 18.6. The Bertz CT molecular complexity index is 4000. The molecule has 12 rings (SSSR count). The van der Waals surface area contributed by atoms with E-state index >= 15 is 13.2 Å². The number of fused-ring (bicyclic) bond motifs is 6. The first-order chi connectivity index (χ1) is 35.3. The van der Waals surface area contributed by atoms with Crippen LogP contribution in [0.1, 0.15) is 38.9 Å². The van der Waals surface area contributed by atoms with Gasteiger partial charge in [0.1, 0.15) is 11.6 Å². The summed E-state index contributed by atoms with van der Waals surface area (Å²) in [7, 11) is 0. The largest absolute Gasteiger partial charge is 0.417 e. The molecule has 0 amide bonds. The summed E-state index contributed by atoms with van der Waals surface area (Å²) in [4.78, 5) is 0. The fourth-order valence-corrected chi connectivity index (χ4v) is 10.8. The Hall–Kier alpha value is -8.92. The van der Waals surface area contributed by atoms with Gasteiger partial charge in [-0.3, -0.25) is 0 Å². The van der Waals surface area contributed by atoms with E-state index in [4.69, 9.17) is 0 Å². The van der Waals surface area contributed by atoms with Gasteiger partial charge >= 0.3 is 6.18 Å². The van der Waals surface area contributed by atoms with Gasteiger partial charge in [-0.2, -0.15) is 18.4 Å². The van der Waals surface area contributed by atoms with Gasteiger partial charge in [0, 0.05) is 27.1 Å². The smallest absolute Gasteiger partial charge is 0.308 e. The SMILES string of the molecule is Cc1ccc(-c2ccc3c(c2)c2cc(-c4ccc(C)cc4)ccc2n3-c2ccc(-c3c(C)cccc3C(F)(F)F)c(-n3c4ccc(-c5ccc(C)cc5)cc4c4cc(-c5ccc(C)cc5)ccc43)c2C#N)cc1. The maximum absolute atomic E-state index is 15.5. The normalized spacial score (nSPS) is 11.8. The second-order valence-corrected chi connectivity index (χ2v) is 19.5. The molecular formula is C67H48F3N3. The molecule has 0 saturated carbocycles. The van der Waals surface area contributed by atoms with Crippen molar-refractivity contribution in [1.82, 2.24) is 9.13 Å². The first kappa shape index (κ1) is 45.2. The van der Waals surface area contributed by atoms with Crippen LogP contribution in [0, 0.1) is 45.9 Å². The first-order valence-electron chi connectivity index (χ1n) is 24.5. The molecule has 6 heteroatoms. The van der Waals surface area contributed by atoms with Crippen LogP contribution in [0.15, 0.2) is 200 Å². The van der Waals surface area contributed by atoms with Crippen molar-refractivity contribution in [3.63, 3.8) is 0 Å². The number of benzene rings is 10. The fraction of sp³-hybridized carbons (Fsp3) is 0.0896. The van der Waals surface area contributed by atoms with E-state index in [0.29, 0.717) is 22.5 Å². The molecule has 2 heterocycles. The zero-order valence-electron chi connectivity index (χ0n) is 41.0. The van der Waals surface area contributed by atoms with Crippen LogP contribution in [0.2, 0.25) is 0 Å². The first-order valence-corrected chi connectivity index (χ1v) is 24.5. The minimum atomic E-state index is -4.69. The molecule has 0 saturated heterocycles. The number of hydrogen-bond acceptors (Lipinski definition) is 1. The van der Waals surface area contributed by atoms with Crippen LogP contribution in [-0.4, -0.2) is 9.13 Å². The lowest BCUT2D eigenvalue weighted by molar-refractivity contribution is -0.137. The summed E-state index contributed by atoms with van der Waals surface area (Å²) in [6.45, 7) is 10.00. The molecule has 73 heavy (non-hydrogen) atoms. The molecule has 10 aromatic carbocycles. The van der Waals surface area contributed by atoms with E-state index in [1.54, 1.807) is 19.1 Å². The maximum Gasteiger partial charge on any atom is 0.417 e. The zero-order valence-corrected chi connectivity index (χ0v) is 41.0. The Morgan fingerprint density at radius 2 is 0.726 bits per heavy atom. The Morgan fingerprint density at radius 3 is 1.07 bits per heavy atom. The van der Waals surface area contributed by atoms with Crippen LogP contribution in [0.5, 0.6) is 0 Å². The zero-order chi connectivity index (χ0) is 50.3. The Balaban J connectivity index is 1.20. The van der Waals surface area contributed by atoms with E-state index < -0.39 is 11.7 Å². The van der Waals surface area contributed by atoms with Crippen LogP contribution in [0.3, 0.4) is 0 Å². The molecule has 0 bridgehead atoms. The van der Waals surface area contributed by atoms with Gasteiger partial charge in [0.05, 0.1) is 39.0 Å². The number of hydrogen-bond donors (Lipinski definition) is 0. The van der Waals surface area contributed by atoms with Crippen LogP contribution >= 0.6 is 0 Å². The quantitative estimate of drug-likeness (QED) is 0.157. The third-order valence-electron chi connectivity index (χ3n) is 14.6. The topological polar surface area (TPSA) is 33.6 Å². The molecule has 12 aromatic rings. The summed E-state index contributed by atoms with van der Waals surface area (Å²) in [6, 6.07) is 69.8. The van der Waals surface area contributed by atoms with Gasteiger partial charge in [-0.05, 0) is 151 Å². The lowest BCUT2D eigenvalue weighted by Crippen LogP contribution is -2.11. The third kappa shape index (κ3) is 7.77. The molecule has 0 N–H and O–H groups in total. The average molecular weight is 952 g/mol. The van der Waals surface area contributed by atoms with Crippen LogP contribution in [-0.2, 0) is 6.18 Å². The summed E-state index contributed by atoms with van der Waals surface area (Å²) in [5, 5.41) is 15.7. The van der Waals surface area contributed by atoms with Crippen LogP contribution in [0.4, 0.5) is 13.2 Å². The number of rotatable bonds is 7. The minimum Gasteiger partial charge on any atom is -0.308 e. The van der Waals surface area contributed by atoms with Crippen molar-refractivity contribution in [3.05, 3.63) is 239 Å².